The molecule has 198 valence electrons. The molecule has 0 spiro atoms. The van der Waals surface area contributed by atoms with Crippen molar-refractivity contribution in [3.8, 4) is 11.8 Å². The van der Waals surface area contributed by atoms with Gasteiger partial charge in [-0.2, -0.15) is 0 Å². The molecule has 3 aliphatic rings. The highest BCUT2D eigenvalue weighted by Gasteiger charge is 2.62. The predicted molar refractivity (Wildman–Crippen MR) is 128 cm³/mol. The molecule has 7 atom stereocenters. The molecule has 0 unspecified atom stereocenters. The van der Waals surface area contributed by atoms with E-state index in [2.05, 4.69) is 16.6 Å². The van der Waals surface area contributed by atoms with Crippen LogP contribution in [-0.2, 0) is 38.2 Å². The van der Waals surface area contributed by atoms with Crippen LogP contribution < -0.4 is 0 Å². The molecule has 9 heteroatoms. The number of carbonyl (C=O) groups excluding carboxylic acids is 5. The Morgan fingerprint density at radius 1 is 1.14 bits per heavy atom. The summed E-state index contributed by atoms with van der Waals surface area (Å²) in [6, 6.07) is 1.82. The van der Waals surface area contributed by atoms with Crippen molar-refractivity contribution in [2.45, 2.75) is 64.4 Å². The fourth-order valence-corrected chi connectivity index (χ4v) is 6.89. The van der Waals surface area contributed by atoms with E-state index in [1.165, 1.54) is 7.11 Å². The van der Waals surface area contributed by atoms with E-state index >= 15 is 0 Å². The summed E-state index contributed by atoms with van der Waals surface area (Å²) in [5.74, 6) is 1.61. The first-order chi connectivity index (χ1) is 17.6. The second kappa shape index (κ2) is 10.5. The Kier molecular flexibility index (Phi) is 7.58. The molecule has 0 bridgehead atoms. The number of carbonyl (C=O) groups is 5. The quantitative estimate of drug-likeness (QED) is 0.253. The monoisotopic (exact) mass is 512 g/mol. The molecular weight excluding hydrogens is 480 g/mol. The Labute approximate surface area is 215 Å². The molecule has 3 saturated carbocycles. The Hall–Kier alpha value is -3.41. The van der Waals surface area contributed by atoms with Crippen molar-refractivity contribution < 1.29 is 42.6 Å². The Balaban J connectivity index is 1.69. The molecule has 0 radical (unpaired) electrons. The summed E-state index contributed by atoms with van der Waals surface area (Å²) >= 11 is 0. The van der Waals surface area contributed by atoms with Gasteiger partial charge in [0.1, 0.15) is 12.2 Å². The fraction of sp³-hybridized carbons (Fsp3) is 0.607. The first kappa shape index (κ1) is 26.6. The zero-order chi connectivity index (χ0) is 26.9. The highest BCUT2D eigenvalue weighted by atomic mass is 16.6. The lowest BCUT2D eigenvalue weighted by molar-refractivity contribution is -0.185. The number of ketones is 2. The number of methoxy groups -OCH3 is 2. The first-order valence-corrected chi connectivity index (χ1v) is 12.5. The third-order valence-electron chi connectivity index (χ3n) is 8.59. The zero-order valence-electron chi connectivity index (χ0n) is 21.5. The molecule has 37 heavy (non-hydrogen) atoms. The van der Waals surface area contributed by atoms with E-state index in [4.69, 9.17) is 13.9 Å². The van der Waals surface area contributed by atoms with Gasteiger partial charge in [0.15, 0.2) is 17.6 Å². The maximum atomic E-state index is 13.9. The third-order valence-corrected chi connectivity index (χ3v) is 8.59. The van der Waals surface area contributed by atoms with E-state index in [9.17, 15) is 24.0 Å². The van der Waals surface area contributed by atoms with Crippen LogP contribution in [0.5, 0.6) is 0 Å². The second-order valence-corrected chi connectivity index (χ2v) is 10.4. The number of fused-ring (bicyclic) bond motifs is 3. The molecule has 0 aromatic carbocycles. The van der Waals surface area contributed by atoms with Crippen molar-refractivity contribution in [3.63, 3.8) is 0 Å². The molecule has 3 fully saturated rings. The lowest BCUT2D eigenvalue weighted by atomic mass is 9.46. The van der Waals surface area contributed by atoms with E-state index in [0.717, 1.165) is 12.7 Å². The van der Waals surface area contributed by atoms with Gasteiger partial charge in [-0.15, -0.1) is 0 Å². The molecular formula is C28H32O9. The lowest BCUT2D eigenvalue weighted by Gasteiger charge is -2.56. The molecule has 1 aromatic rings. The number of Topliss-reactive ketones (excluding diaryl/α,β-unsaturated/α-hetero) is 2. The van der Waals surface area contributed by atoms with Crippen LogP contribution in [0.1, 0.15) is 69.6 Å². The van der Waals surface area contributed by atoms with Crippen LogP contribution in [0.2, 0.25) is 0 Å². The van der Waals surface area contributed by atoms with E-state index in [1.807, 2.05) is 13.0 Å². The predicted octanol–water partition coefficient (Wildman–Crippen LogP) is 2.98. The molecule has 1 aromatic heterocycles. The van der Waals surface area contributed by atoms with Gasteiger partial charge in [-0.3, -0.25) is 24.0 Å². The van der Waals surface area contributed by atoms with Gasteiger partial charge in [0.25, 0.3) is 0 Å². The van der Waals surface area contributed by atoms with Crippen LogP contribution in [0, 0.1) is 40.9 Å². The summed E-state index contributed by atoms with van der Waals surface area (Å²) in [5, 5.41) is 0. The fourth-order valence-electron chi connectivity index (χ4n) is 6.89. The topological polar surface area (TPSA) is 126 Å². The first-order valence-electron chi connectivity index (χ1n) is 12.5. The van der Waals surface area contributed by atoms with Gasteiger partial charge < -0.3 is 18.6 Å². The molecule has 0 saturated heterocycles. The number of rotatable bonds is 5. The van der Waals surface area contributed by atoms with E-state index in [0.29, 0.717) is 31.4 Å². The van der Waals surface area contributed by atoms with Crippen molar-refractivity contribution in [1.29, 1.82) is 0 Å². The standard InChI is InChI=1S/C28H32O9/c1-5-6-21-16(8-10-36-21)15-11-18-17(20(29)12-15)7-9-28(2)19(27(33)35-4)13-22(26(32)25(18)28)37-24(31)14-23(30)34-3/h8,10,15,17-19,22,25H,7,9,11-14H2,1-4H3/t15-,17-,18+,19+,22+,25+,28+/m1/s1. The minimum atomic E-state index is -1.22. The lowest BCUT2D eigenvalue weighted by Crippen LogP contribution is -2.60. The molecule has 1 heterocycles. The Bertz CT molecular complexity index is 1170. The van der Waals surface area contributed by atoms with Crippen LogP contribution in [-0.4, -0.2) is 49.8 Å². The molecule has 0 amide bonds. The third kappa shape index (κ3) is 4.81. The van der Waals surface area contributed by atoms with Gasteiger partial charge >= 0.3 is 17.9 Å². The highest BCUT2D eigenvalue weighted by Crippen LogP contribution is 2.60. The number of hydrogen-bond acceptors (Lipinski definition) is 9. The number of hydrogen-bond donors (Lipinski definition) is 0. The summed E-state index contributed by atoms with van der Waals surface area (Å²) in [4.78, 5) is 64.2. The van der Waals surface area contributed by atoms with E-state index in [-0.39, 0.29) is 35.7 Å². The van der Waals surface area contributed by atoms with Gasteiger partial charge in [0, 0.05) is 30.2 Å². The van der Waals surface area contributed by atoms with Gasteiger partial charge in [-0.05, 0) is 55.4 Å². The van der Waals surface area contributed by atoms with Gasteiger partial charge in [-0.1, -0.05) is 12.8 Å². The number of esters is 3. The number of ether oxygens (including phenoxy) is 3. The van der Waals surface area contributed by atoms with Crippen molar-refractivity contribution in [2.24, 2.45) is 29.1 Å². The summed E-state index contributed by atoms with van der Waals surface area (Å²) in [6.45, 7) is 3.61. The summed E-state index contributed by atoms with van der Waals surface area (Å²) < 4.78 is 20.6. The normalized spacial score (nSPS) is 32.8. The summed E-state index contributed by atoms with van der Waals surface area (Å²) in [6.07, 6.45) is 1.60. The van der Waals surface area contributed by atoms with Gasteiger partial charge in [0.05, 0.1) is 26.4 Å². The average molecular weight is 513 g/mol. The molecule has 0 N–H and O–H groups in total. The smallest absolute Gasteiger partial charge is 0.317 e. The van der Waals surface area contributed by atoms with Crippen LogP contribution in [0.4, 0.5) is 0 Å². The average Bonchev–Trinajstić information content (AvgIpc) is 3.33. The minimum absolute atomic E-state index is 0.0296. The molecule has 0 aliphatic heterocycles. The van der Waals surface area contributed by atoms with Crippen LogP contribution in [0.3, 0.4) is 0 Å². The maximum Gasteiger partial charge on any atom is 0.317 e. The maximum absolute atomic E-state index is 13.9. The van der Waals surface area contributed by atoms with Crippen LogP contribution >= 0.6 is 0 Å². The second-order valence-electron chi connectivity index (χ2n) is 10.4. The molecule has 4 rings (SSSR count). The largest absolute Gasteiger partial charge is 0.469 e. The summed E-state index contributed by atoms with van der Waals surface area (Å²) in [5.41, 5.74) is 0.0727. The van der Waals surface area contributed by atoms with Gasteiger partial charge in [-0.25, -0.2) is 0 Å². The van der Waals surface area contributed by atoms with E-state index in [1.54, 1.807) is 13.2 Å². The van der Waals surface area contributed by atoms with E-state index < -0.39 is 47.7 Å². The van der Waals surface area contributed by atoms with Crippen molar-refractivity contribution in [1.82, 2.24) is 0 Å². The van der Waals surface area contributed by atoms with Crippen LogP contribution in [0.15, 0.2) is 16.7 Å². The number of furan rings is 1. The zero-order valence-corrected chi connectivity index (χ0v) is 21.5. The van der Waals surface area contributed by atoms with Crippen molar-refractivity contribution >= 4 is 29.5 Å². The van der Waals surface area contributed by atoms with Crippen LogP contribution in [0.25, 0.3) is 0 Å². The minimum Gasteiger partial charge on any atom is -0.469 e. The SMILES string of the molecule is CC#Cc1occc1[C@H]1CC(=O)[C@@H]2CC[C@]3(C)[C@H](C(=O)[C@@H](OC(=O)CC(=O)OC)C[C@H]3C(=O)OC)[C@H]2C1. The Morgan fingerprint density at radius 3 is 2.57 bits per heavy atom. The van der Waals surface area contributed by atoms with Crippen molar-refractivity contribution in [3.05, 3.63) is 23.7 Å². The molecule has 9 nitrogen and oxygen atoms in total. The van der Waals surface area contributed by atoms with Crippen molar-refractivity contribution in [2.75, 3.05) is 14.2 Å². The summed E-state index contributed by atoms with van der Waals surface area (Å²) in [7, 11) is 2.44. The highest BCUT2D eigenvalue weighted by molar-refractivity contribution is 5.96. The Morgan fingerprint density at radius 2 is 1.89 bits per heavy atom. The van der Waals surface area contributed by atoms with Gasteiger partial charge in [0.2, 0.25) is 0 Å². The molecule has 3 aliphatic carbocycles.